The highest BCUT2D eigenvalue weighted by Crippen LogP contribution is 2.30. The summed E-state index contributed by atoms with van der Waals surface area (Å²) in [6, 6.07) is 5.30. The molecular formula is C16H23BrN2O. The molecule has 3 N–H and O–H groups in total. The van der Waals surface area contributed by atoms with E-state index in [1.54, 1.807) is 18.2 Å². The minimum atomic E-state index is -0.0108. The van der Waals surface area contributed by atoms with Crippen molar-refractivity contribution in [2.75, 3.05) is 12.3 Å². The van der Waals surface area contributed by atoms with Crippen LogP contribution in [0.3, 0.4) is 0 Å². The summed E-state index contributed by atoms with van der Waals surface area (Å²) in [5, 5.41) is 3.05. The van der Waals surface area contributed by atoms with E-state index in [-0.39, 0.29) is 5.91 Å². The Morgan fingerprint density at radius 1 is 1.30 bits per heavy atom. The number of hydrogen-bond acceptors (Lipinski definition) is 2. The first kappa shape index (κ1) is 15.4. The highest BCUT2D eigenvalue weighted by atomic mass is 79.9. The lowest BCUT2D eigenvalue weighted by Gasteiger charge is -2.27. The fourth-order valence-electron chi connectivity index (χ4n) is 2.85. The number of anilines is 1. The molecule has 0 unspecified atom stereocenters. The van der Waals surface area contributed by atoms with Crippen LogP contribution in [-0.4, -0.2) is 12.5 Å². The van der Waals surface area contributed by atoms with Gasteiger partial charge in [-0.3, -0.25) is 4.79 Å². The Kier molecular flexibility index (Phi) is 5.46. The van der Waals surface area contributed by atoms with E-state index in [9.17, 15) is 4.79 Å². The molecule has 1 amide bonds. The first-order valence-electron chi connectivity index (χ1n) is 7.43. The molecule has 1 aromatic rings. The molecule has 4 heteroatoms. The van der Waals surface area contributed by atoms with E-state index >= 15 is 0 Å². The molecule has 0 radical (unpaired) electrons. The van der Waals surface area contributed by atoms with Gasteiger partial charge in [0, 0.05) is 22.3 Å². The van der Waals surface area contributed by atoms with Crippen molar-refractivity contribution < 1.29 is 4.79 Å². The molecule has 1 saturated carbocycles. The van der Waals surface area contributed by atoms with Crippen molar-refractivity contribution >= 4 is 27.5 Å². The van der Waals surface area contributed by atoms with E-state index in [1.165, 1.54) is 32.1 Å². The zero-order chi connectivity index (χ0) is 14.5. The Morgan fingerprint density at radius 3 is 2.55 bits per heavy atom. The van der Waals surface area contributed by atoms with E-state index in [2.05, 4.69) is 28.2 Å². The standard InChI is InChI=1S/C16H23BrN2O/c1-2-11-3-5-12(6-4-11)10-19-16(20)13-7-8-15(18)14(17)9-13/h7-9,11-12H,2-6,10,18H2,1H3,(H,19,20). The van der Waals surface area contributed by atoms with E-state index < -0.39 is 0 Å². The lowest BCUT2D eigenvalue weighted by molar-refractivity contribution is 0.0941. The average molecular weight is 339 g/mol. The van der Waals surface area contributed by atoms with Crippen LogP contribution in [-0.2, 0) is 0 Å². The van der Waals surface area contributed by atoms with Gasteiger partial charge in [-0.05, 0) is 58.8 Å². The highest BCUT2D eigenvalue weighted by Gasteiger charge is 2.20. The van der Waals surface area contributed by atoms with Crippen LogP contribution in [0.25, 0.3) is 0 Å². The molecule has 1 aliphatic carbocycles. The highest BCUT2D eigenvalue weighted by molar-refractivity contribution is 9.10. The van der Waals surface area contributed by atoms with Crippen LogP contribution >= 0.6 is 15.9 Å². The van der Waals surface area contributed by atoms with Gasteiger partial charge in [0.15, 0.2) is 0 Å². The molecule has 0 bridgehead atoms. The third kappa shape index (κ3) is 3.98. The van der Waals surface area contributed by atoms with Crippen LogP contribution in [0.5, 0.6) is 0 Å². The van der Waals surface area contributed by atoms with Gasteiger partial charge in [0.2, 0.25) is 0 Å². The number of rotatable bonds is 4. The Bertz CT molecular complexity index is 468. The van der Waals surface area contributed by atoms with Crippen molar-refractivity contribution in [3.05, 3.63) is 28.2 Å². The number of nitrogens with two attached hydrogens (primary N) is 1. The van der Waals surface area contributed by atoms with Gasteiger partial charge in [-0.15, -0.1) is 0 Å². The van der Waals surface area contributed by atoms with Crippen molar-refractivity contribution in [3.63, 3.8) is 0 Å². The summed E-state index contributed by atoms with van der Waals surface area (Å²) in [4.78, 5) is 12.1. The molecule has 1 aliphatic rings. The van der Waals surface area contributed by atoms with Crippen molar-refractivity contribution in [1.29, 1.82) is 0 Å². The zero-order valence-electron chi connectivity index (χ0n) is 12.0. The van der Waals surface area contributed by atoms with Gasteiger partial charge < -0.3 is 11.1 Å². The largest absolute Gasteiger partial charge is 0.398 e. The van der Waals surface area contributed by atoms with Crippen LogP contribution in [0, 0.1) is 11.8 Å². The lowest BCUT2D eigenvalue weighted by atomic mass is 9.81. The topological polar surface area (TPSA) is 55.1 Å². The molecule has 1 fully saturated rings. The van der Waals surface area contributed by atoms with Crippen LogP contribution in [0.1, 0.15) is 49.4 Å². The summed E-state index contributed by atoms with van der Waals surface area (Å²) in [5.74, 6) is 1.53. The molecule has 0 aliphatic heterocycles. The number of halogens is 1. The molecule has 3 nitrogen and oxygen atoms in total. The van der Waals surface area contributed by atoms with Crippen LogP contribution in [0.15, 0.2) is 22.7 Å². The van der Waals surface area contributed by atoms with E-state index in [4.69, 9.17) is 5.73 Å². The Labute approximate surface area is 129 Å². The lowest BCUT2D eigenvalue weighted by Crippen LogP contribution is -2.31. The van der Waals surface area contributed by atoms with Gasteiger partial charge in [-0.1, -0.05) is 26.2 Å². The van der Waals surface area contributed by atoms with Gasteiger partial charge in [-0.2, -0.15) is 0 Å². The number of hydrogen-bond donors (Lipinski definition) is 2. The monoisotopic (exact) mass is 338 g/mol. The molecule has 0 atom stereocenters. The summed E-state index contributed by atoms with van der Waals surface area (Å²) in [7, 11) is 0. The Hall–Kier alpha value is -1.03. The van der Waals surface area contributed by atoms with Crippen molar-refractivity contribution in [2.45, 2.75) is 39.0 Å². The SMILES string of the molecule is CCC1CCC(CNC(=O)c2ccc(N)c(Br)c2)CC1. The third-order valence-corrected chi connectivity index (χ3v) is 5.04. The van der Waals surface area contributed by atoms with Gasteiger partial charge in [0.1, 0.15) is 0 Å². The van der Waals surface area contributed by atoms with Crippen molar-refractivity contribution in [2.24, 2.45) is 11.8 Å². The van der Waals surface area contributed by atoms with Crippen molar-refractivity contribution in [3.8, 4) is 0 Å². The molecule has 2 rings (SSSR count). The van der Waals surface area contributed by atoms with Crippen LogP contribution in [0.4, 0.5) is 5.69 Å². The molecule has 0 heterocycles. The van der Waals surface area contributed by atoms with Gasteiger partial charge in [0.25, 0.3) is 5.91 Å². The molecule has 1 aromatic carbocycles. The quantitative estimate of drug-likeness (QED) is 0.816. The Morgan fingerprint density at radius 2 is 1.95 bits per heavy atom. The van der Waals surface area contributed by atoms with E-state index in [1.807, 2.05) is 0 Å². The first-order chi connectivity index (χ1) is 9.60. The summed E-state index contributed by atoms with van der Waals surface area (Å²) in [6.45, 7) is 3.06. The van der Waals surface area contributed by atoms with Crippen molar-refractivity contribution in [1.82, 2.24) is 5.32 Å². The fourth-order valence-corrected chi connectivity index (χ4v) is 3.23. The Balaban J connectivity index is 1.82. The number of carbonyl (C=O) groups is 1. The number of benzene rings is 1. The maximum absolute atomic E-state index is 12.1. The number of carbonyl (C=O) groups excluding carboxylic acids is 1. The average Bonchev–Trinajstić information content (AvgIpc) is 2.48. The van der Waals surface area contributed by atoms with Crippen LogP contribution < -0.4 is 11.1 Å². The smallest absolute Gasteiger partial charge is 0.251 e. The molecule has 20 heavy (non-hydrogen) atoms. The number of nitrogen functional groups attached to an aromatic ring is 1. The summed E-state index contributed by atoms with van der Waals surface area (Å²) in [5.41, 5.74) is 7.04. The van der Waals surface area contributed by atoms with E-state index in [0.29, 0.717) is 17.2 Å². The first-order valence-corrected chi connectivity index (χ1v) is 8.22. The van der Waals surface area contributed by atoms with Gasteiger partial charge in [0.05, 0.1) is 0 Å². The second-order valence-electron chi connectivity index (χ2n) is 5.74. The molecular weight excluding hydrogens is 316 g/mol. The normalized spacial score (nSPS) is 22.5. The van der Waals surface area contributed by atoms with E-state index in [0.717, 1.165) is 16.9 Å². The second kappa shape index (κ2) is 7.11. The van der Waals surface area contributed by atoms with Gasteiger partial charge in [-0.25, -0.2) is 0 Å². The fraction of sp³-hybridized carbons (Fsp3) is 0.562. The molecule has 0 spiro atoms. The number of amides is 1. The van der Waals surface area contributed by atoms with Gasteiger partial charge >= 0.3 is 0 Å². The predicted octanol–water partition coefficient (Wildman–Crippen LogP) is 3.98. The third-order valence-electron chi connectivity index (χ3n) is 4.36. The second-order valence-corrected chi connectivity index (χ2v) is 6.60. The molecule has 0 aromatic heterocycles. The van der Waals surface area contributed by atoms with Crippen LogP contribution in [0.2, 0.25) is 0 Å². The summed E-state index contributed by atoms with van der Waals surface area (Å²) in [6.07, 6.45) is 6.39. The zero-order valence-corrected chi connectivity index (χ0v) is 13.6. The minimum absolute atomic E-state index is 0.0108. The maximum atomic E-state index is 12.1. The molecule has 0 saturated heterocycles. The maximum Gasteiger partial charge on any atom is 0.251 e. The number of nitrogens with one attached hydrogen (secondary N) is 1. The molecule has 110 valence electrons. The predicted molar refractivity (Wildman–Crippen MR) is 86.6 cm³/mol. The summed E-state index contributed by atoms with van der Waals surface area (Å²) < 4.78 is 0.772. The summed E-state index contributed by atoms with van der Waals surface area (Å²) >= 11 is 3.35. The minimum Gasteiger partial charge on any atom is -0.398 e.